The van der Waals surface area contributed by atoms with Gasteiger partial charge in [-0.3, -0.25) is 0 Å². The van der Waals surface area contributed by atoms with Gasteiger partial charge in [-0.15, -0.1) is 0 Å². The van der Waals surface area contributed by atoms with Crippen LogP contribution in [-0.2, 0) is 0 Å². The fourth-order valence-electron chi connectivity index (χ4n) is 1.86. The highest BCUT2D eigenvalue weighted by Gasteiger charge is 2.04. The highest BCUT2D eigenvalue weighted by atomic mass is 35.5. The Morgan fingerprint density at radius 2 is 1.73 bits per heavy atom. The van der Waals surface area contributed by atoms with Crippen LogP contribution in [0.3, 0.4) is 0 Å². The number of unbranched alkanes of at least 4 members (excludes halogenated alkanes) is 1. The standard InChI is InChI=1S/C16H15Cl4NO/c17-11-6-7-15(13(19)10-11)22-9-2-1-8-21-14-5-3-4-12(18)16(14)20/h3-7,10,21H,1-2,8-9H2. The lowest BCUT2D eigenvalue weighted by atomic mass is 10.3. The molecule has 6 heteroatoms. The Labute approximate surface area is 150 Å². The fourth-order valence-corrected chi connectivity index (χ4v) is 2.70. The third kappa shape index (κ3) is 5.13. The number of halogens is 4. The lowest BCUT2D eigenvalue weighted by Crippen LogP contribution is -2.05. The monoisotopic (exact) mass is 377 g/mol. The van der Waals surface area contributed by atoms with Crippen LogP contribution in [0.15, 0.2) is 36.4 Å². The first-order valence-electron chi connectivity index (χ1n) is 6.83. The van der Waals surface area contributed by atoms with Crippen LogP contribution in [-0.4, -0.2) is 13.2 Å². The van der Waals surface area contributed by atoms with Crippen molar-refractivity contribution in [1.82, 2.24) is 0 Å². The third-order valence-electron chi connectivity index (χ3n) is 2.99. The molecule has 0 heterocycles. The second-order valence-electron chi connectivity index (χ2n) is 4.66. The van der Waals surface area contributed by atoms with Crippen LogP contribution in [0.2, 0.25) is 20.1 Å². The van der Waals surface area contributed by atoms with Gasteiger partial charge >= 0.3 is 0 Å². The molecule has 0 aromatic heterocycles. The minimum Gasteiger partial charge on any atom is -0.492 e. The van der Waals surface area contributed by atoms with E-state index >= 15 is 0 Å². The molecule has 0 atom stereocenters. The van der Waals surface area contributed by atoms with Crippen molar-refractivity contribution in [3.8, 4) is 5.75 Å². The second-order valence-corrected chi connectivity index (χ2v) is 6.29. The van der Waals surface area contributed by atoms with Gasteiger partial charge in [0.25, 0.3) is 0 Å². The van der Waals surface area contributed by atoms with E-state index in [4.69, 9.17) is 51.1 Å². The van der Waals surface area contributed by atoms with Gasteiger partial charge in [-0.2, -0.15) is 0 Å². The van der Waals surface area contributed by atoms with Crippen molar-refractivity contribution in [1.29, 1.82) is 0 Å². The summed E-state index contributed by atoms with van der Waals surface area (Å²) in [4.78, 5) is 0. The van der Waals surface area contributed by atoms with Crippen LogP contribution in [0.4, 0.5) is 5.69 Å². The molecule has 0 radical (unpaired) electrons. The molecule has 0 bridgehead atoms. The van der Waals surface area contributed by atoms with Crippen molar-refractivity contribution >= 4 is 52.1 Å². The van der Waals surface area contributed by atoms with E-state index in [0.717, 1.165) is 25.1 Å². The zero-order chi connectivity index (χ0) is 15.9. The molecule has 0 saturated heterocycles. The molecular weight excluding hydrogens is 364 g/mol. The molecule has 2 aromatic rings. The van der Waals surface area contributed by atoms with Gasteiger partial charge in [-0.1, -0.05) is 52.5 Å². The van der Waals surface area contributed by atoms with Gasteiger partial charge in [0.05, 0.1) is 27.4 Å². The molecule has 22 heavy (non-hydrogen) atoms. The predicted octanol–water partition coefficient (Wildman–Crippen LogP) is 6.57. The summed E-state index contributed by atoms with van der Waals surface area (Å²) in [6.07, 6.45) is 1.83. The van der Waals surface area contributed by atoms with Gasteiger partial charge in [0.15, 0.2) is 0 Å². The molecular formula is C16H15Cl4NO. The summed E-state index contributed by atoms with van der Waals surface area (Å²) >= 11 is 23.9. The Morgan fingerprint density at radius 1 is 0.909 bits per heavy atom. The van der Waals surface area contributed by atoms with Crippen molar-refractivity contribution < 1.29 is 4.74 Å². The van der Waals surface area contributed by atoms with Gasteiger partial charge in [0.2, 0.25) is 0 Å². The molecule has 0 unspecified atom stereocenters. The molecule has 0 saturated carbocycles. The summed E-state index contributed by atoms with van der Waals surface area (Å²) in [5, 5.41) is 5.48. The SMILES string of the molecule is Clc1ccc(OCCCCNc2cccc(Cl)c2Cl)c(Cl)c1. The highest BCUT2D eigenvalue weighted by molar-refractivity contribution is 6.43. The molecule has 0 aliphatic heterocycles. The number of hydrogen-bond donors (Lipinski definition) is 1. The number of benzene rings is 2. The van der Waals surface area contributed by atoms with Crippen molar-refractivity contribution in [2.24, 2.45) is 0 Å². The van der Waals surface area contributed by atoms with E-state index < -0.39 is 0 Å². The first kappa shape index (κ1) is 17.6. The van der Waals surface area contributed by atoms with Crippen LogP contribution in [0.5, 0.6) is 5.75 Å². The first-order chi connectivity index (χ1) is 10.6. The lowest BCUT2D eigenvalue weighted by molar-refractivity contribution is 0.308. The number of hydrogen-bond acceptors (Lipinski definition) is 2. The van der Waals surface area contributed by atoms with E-state index in [1.165, 1.54) is 0 Å². The van der Waals surface area contributed by atoms with E-state index in [1.807, 2.05) is 12.1 Å². The Morgan fingerprint density at radius 3 is 2.50 bits per heavy atom. The van der Waals surface area contributed by atoms with E-state index in [9.17, 15) is 0 Å². The minimum atomic E-state index is 0.524. The highest BCUT2D eigenvalue weighted by Crippen LogP contribution is 2.29. The summed E-state index contributed by atoms with van der Waals surface area (Å²) in [5.41, 5.74) is 0.843. The van der Waals surface area contributed by atoms with Gasteiger partial charge < -0.3 is 10.1 Å². The number of rotatable bonds is 7. The Bertz CT molecular complexity index is 634. The molecule has 1 N–H and O–H groups in total. The smallest absolute Gasteiger partial charge is 0.137 e. The van der Waals surface area contributed by atoms with E-state index in [1.54, 1.807) is 24.3 Å². The summed E-state index contributed by atoms with van der Waals surface area (Å²) < 4.78 is 5.62. The maximum atomic E-state index is 6.10. The molecule has 0 amide bonds. The maximum Gasteiger partial charge on any atom is 0.137 e. The Hall–Kier alpha value is -0.800. The number of nitrogens with one attached hydrogen (secondary N) is 1. The summed E-state index contributed by atoms with van der Waals surface area (Å²) in [5.74, 6) is 0.650. The van der Waals surface area contributed by atoms with Gasteiger partial charge in [-0.25, -0.2) is 0 Å². The molecule has 118 valence electrons. The largest absolute Gasteiger partial charge is 0.492 e. The minimum absolute atomic E-state index is 0.524. The lowest BCUT2D eigenvalue weighted by Gasteiger charge is -2.10. The second kappa shape index (κ2) is 8.73. The molecule has 2 nitrogen and oxygen atoms in total. The van der Waals surface area contributed by atoms with Crippen LogP contribution >= 0.6 is 46.4 Å². The van der Waals surface area contributed by atoms with Gasteiger partial charge in [0.1, 0.15) is 5.75 Å². The fraction of sp³-hybridized carbons (Fsp3) is 0.250. The van der Waals surface area contributed by atoms with Crippen molar-refractivity contribution in [3.05, 3.63) is 56.5 Å². The zero-order valence-corrected chi connectivity index (χ0v) is 14.7. The molecule has 0 aliphatic carbocycles. The van der Waals surface area contributed by atoms with Crippen molar-refractivity contribution in [2.75, 3.05) is 18.5 Å². The molecule has 0 fully saturated rings. The van der Waals surface area contributed by atoms with E-state index in [0.29, 0.717) is 32.4 Å². The maximum absolute atomic E-state index is 6.10. The van der Waals surface area contributed by atoms with Crippen molar-refractivity contribution in [2.45, 2.75) is 12.8 Å². The van der Waals surface area contributed by atoms with Gasteiger partial charge in [0, 0.05) is 11.6 Å². The van der Waals surface area contributed by atoms with E-state index in [-0.39, 0.29) is 0 Å². The topological polar surface area (TPSA) is 21.3 Å². The average molecular weight is 379 g/mol. The summed E-state index contributed by atoms with van der Waals surface area (Å²) in [6.45, 7) is 1.38. The molecule has 2 rings (SSSR count). The summed E-state index contributed by atoms with van der Waals surface area (Å²) in [7, 11) is 0. The predicted molar refractivity (Wildman–Crippen MR) is 96.1 cm³/mol. The normalized spacial score (nSPS) is 10.5. The summed E-state index contributed by atoms with van der Waals surface area (Å²) in [6, 6.07) is 10.7. The van der Waals surface area contributed by atoms with Gasteiger partial charge in [-0.05, 0) is 43.2 Å². The Balaban J connectivity index is 1.68. The third-order valence-corrected chi connectivity index (χ3v) is 4.34. The number of anilines is 1. The zero-order valence-electron chi connectivity index (χ0n) is 11.7. The number of ether oxygens (including phenoxy) is 1. The van der Waals surface area contributed by atoms with Crippen LogP contribution in [0.25, 0.3) is 0 Å². The molecule has 0 aliphatic rings. The van der Waals surface area contributed by atoms with Crippen LogP contribution in [0.1, 0.15) is 12.8 Å². The van der Waals surface area contributed by atoms with Crippen LogP contribution < -0.4 is 10.1 Å². The molecule has 0 spiro atoms. The van der Waals surface area contributed by atoms with Crippen molar-refractivity contribution in [3.63, 3.8) is 0 Å². The average Bonchev–Trinajstić information content (AvgIpc) is 2.48. The van der Waals surface area contributed by atoms with Crippen LogP contribution in [0, 0.1) is 0 Å². The Kier molecular flexibility index (Phi) is 6.97. The quantitative estimate of drug-likeness (QED) is 0.550. The molecule has 2 aromatic carbocycles. The first-order valence-corrected chi connectivity index (χ1v) is 8.35. The van der Waals surface area contributed by atoms with E-state index in [2.05, 4.69) is 5.32 Å².